The Balaban J connectivity index is 1.96. The molecule has 126 valence electrons. The van der Waals surface area contributed by atoms with Gasteiger partial charge in [-0.2, -0.15) is 13.2 Å². The lowest BCUT2D eigenvalue weighted by Crippen LogP contribution is -2.73. The first-order valence-electron chi connectivity index (χ1n) is 6.59. The Morgan fingerprint density at radius 1 is 1.22 bits per heavy atom. The first-order chi connectivity index (χ1) is 10.6. The highest BCUT2D eigenvalue weighted by molar-refractivity contribution is 5.86. The van der Waals surface area contributed by atoms with E-state index in [2.05, 4.69) is 0 Å². The number of hydrogen-bond acceptors (Lipinski definition) is 4. The number of aliphatic carboxylic acids is 1. The van der Waals surface area contributed by atoms with Gasteiger partial charge in [-0.25, -0.2) is 9.59 Å². The first kappa shape index (κ1) is 17.1. The average Bonchev–Trinajstić information content (AvgIpc) is 2.42. The zero-order valence-corrected chi connectivity index (χ0v) is 11.8. The van der Waals surface area contributed by atoms with Gasteiger partial charge in [-0.05, 0) is 5.56 Å². The predicted octanol–water partition coefficient (Wildman–Crippen LogP) is 1.82. The third-order valence-corrected chi connectivity index (χ3v) is 3.68. The maximum atomic E-state index is 12.6. The van der Waals surface area contributed by atoms with E-state index < -0.39 is 42.2 Å². The molecule has 0 radical (unpaired) electrons. The van der Waals surface area contributed by atoms with Crippen molar-refractivity contribution < 1.29 is 37.7 Å². The second-order valence-corrected chi connectivity index (χ2v) is 5.46. The Labute approximate surface area is 128 Å². The average molecular weight is 333 g/mol. The molecule has 1 aromatic rings. The summed E-state index contributed by atoms with van der Waals surface area (Å²) in [5.41, 5.74) is -4.69. The number of amides is 1. The van der Waals surface area contributed by atoms with Crippen molar-refractivity contribution in [2.24, 2.45) is 0 Å². The number of aliphatic hydroxyl groups is 1. The zero-order chi connectivity index (χ0) is 17.3. The zero-order valence-electron chi connectivity index (χ0n) is 11.8. The molecule has 1 fully saturated rings. The van der Waals surface area contributed by atoms with Crippen LogP contribution in [0.4, 0.5) is 18.0 Å². The van der Waals surface area contributed by atoms with Gasteiger partial charge >= 0.3 is 18.2 Å². The van der Waals surface area contributed by atoms with Gasteiger partial charge in [-0.3, -0.25) is 0 Å². The fourth-order valence-electron chi connectivity index (χ4n) is 2.39. The van der Waals surface area contributed by atoms with E-state index >= 15 is 0 Å². The third-order valence-electron chi connectivity index (χ3n) is 3.68. The lowest BCUT2D eigenvalue weighted by atomic mass is 9.64. The van der Waals surface area contributed by atoms with Crippen molar-refractivity contribution in [3.05, 3.63) is 35.9 Å². The van der Waals surface area contributed by atoms with E-state index in [0.717, 1.165) is 0 Å². The molecule has 0 spiro atoms. The molecule has 0 saturated heterocycles. The van der Waals surface area contributed by atoms with Crippen molar-refractivity contribution in [3.8, 4) is 0 Å². The monoisotopic (exact) mass is 333 g/mol. The van der Waals surface area contributed by atoms with E-state index in [1.54, 1.807) is 30.3 Å². The number of rotatable bonds is 4. The number of carbonyl (C=O) groups is 2. The molecule has 1 aromatic carbocycles. The number of halogens is 3. The van der Waals surface area contributed by atoms with E-state index in [4.69, 9.17) is 9.84 Å². The Bertz CT molecular complexity index is 596. The summed E-state index contributed by atoms with van der Waals surface area (Å²) in [5, 5.41) is 20.3. The summed E-state index contributed by atoms with van der Waals surface area (Å²) >= 11 is 0. The molecule has 23 heavy (non-hydrogen) atoms. The molecule has 1 amide bonds. The van der Waals surface area contributed by atoms with Gasteiger partial charge in [0.15, 0.2) is 5.60 Å². The number of alkyl halides is 3. The molecule has 0 bridgehead atoms. The molecular weight excluding hydrogens is 319 g/mol. The van der Waals surface area contributed by atoms with Crippen LogP contribution in [0.1, 0.15) is 18.4 Å². The Morgan fingerprint density at radius 2 is 1.78 bits per heavy atom. The molecule has 2 rings (SSSR count). The minimum atomic E-state index is -4.97. The number of hydrogen-bond donors (Lipinski definition) is 3. The molecule has 1 saturated carbocycles. The summed E-state index contributed by atoms with van der Waals surface area (Å²) in [4.78, 5) is 22.8. The topological polar surface area (TPSA) is 95.9 Å². The number of nitrogens with one attached hydrogen (secondary N) is 1. The van der Waals surface area contributed by atoms with Crippen molar-refractivity contribution in [2.75, 3.05) is 0 Å². The van der Waals surface area contributed by atoms with Crippen LogP contribution in [0.5, 0.6) is 0 Å². The van der Waals surface area contributed by atoms with Crippen LogP contribution in [-0.4, -0.2) is 39.6 Å². The lowest BCUT2D eigenvalue weighted by Gasteiger charge is -2.50. The van der Waals surface area contributed by atoms with E-state index in [1.807, 2.05) is 5.32 Å². The van der Waals surface area contributed by atoms with Crippen LogP contribution < -0.4 is 5.32 Å². The van der Waals surface area contributed by atoms with Gasteiger partial charge in [0, 0.05) is 12.8 Å². The van der Waals surface area contributed by atoms with Gasteiger partial charge < -0.3 is 20.3 Å². The fourth-order valence-corrected chi connectivity index (χ4v) is 2.39. The van der Waals surface area contributed by atoms with Crippen LogP contribution in [0.2, 0.25) is 0 Å². The third kappa shape index (κ3) is 3.39. The Morgan fingerprint density at radius 3 is 2.26 bits per heavy atom. The number of carboxylic acid groups (broad SMARTS) is 1. The summed E-state index contributed by atoms with van der Waals surface area (Å²) in [6.45, 7) is -0.161. The highest BCUT2D eigenvalue weighted by Gasteiger charge is 2.70. The number of ether oxygens (including phenoxy) is 1. The molecule has 0 aliphatic heterocycles. The van der Waals surface area contributed by atoms with Crippen LogP contribution >= 0.6 is 0 Å². The van der Waals surface area contributed by atoms with Crippen LogP contribution in [-0.2, 0) is 16.1 Å². The van der Waals surface area contributed by atoms with Crippen molar-refractivity contribution in [1.82, 2.24) is 5.32 Å². The minimum Gasteiger partial charge on any atom is -0.479 e. The molecule has 1 aliphatic carbocycles. The van der Waals surface area contributed by atoms with Crippen molar-refractivity contribution in [3.63, 3.8) is 0 Å². The molecule has 3 N–H and O–H groups in total. The quantitative estimate of drug-likeness (QED) is 0.781. The summed E-state index contributed by atoms with van der Waals surface area (Å²) in [5.74, 6) is -1.66. The van der Waals surface area contributed by atoms with Crippen molar-refractivity contribution in [1.29, 1.82) is 0 Å². The van der Waals surface area contributed by atoms with Crippen molar-refractivity contribution >= 4 is 12.1 Å². The Hall–Kier alpha value is -2.29. The smallest absolute Gasteiger partial charge is 0.417 e. The molecule has 1 aliphatic rings. The van der Waals surface area contributed by atoms with Crippen LogP contribution in [0.3, 0.4) is 0 Å². The largest absolute Gasteiger partial charge is 0.479 e. The number of carboxylic acids is 1. The van der Waals surface area contributed by atoms with Crippen LogP contribution in [0, 0.1) is 0 Å². The fraction of sp³-hybridized carbons (Fsp3) is 0.429. The second kappa shape index (κ2) is 5.73. The maximum absolute atomic E-state index is 12.6. The van der Waals surface area contributed by atoms with Crippen LogP contribution in [0.15, 0.2) is 30.3 Å². The van der Waals surface area contributed by atoms with Gasteiger partial charge in [0.05, 0.1) is 0 Å². The van der Waals surface area contributed by atoms with Crippen LogP contribution in [0.25, 0.3) is 0 Å². The summed E-state index contributed by atoms with van der Waals surface area (Å²) in [6, 6.07) is 8.46. The van der Waals surface area contributed by atoms with Gasteiger partial charge in [0.25, 0.3) is 0 Å². The minimum absolute atomic E-state index is 0.161. The van der Waals surface area contributed by atoms with E-state index in [0.29, 0.717) is 5.56 Å². The summed E-state index contributed by atoms with van der Waals surface area (Å²) in [7, 11) is 0. The molecule has 6 nitrogen and oxygen atoms in total. The first-order valence-corrected chi connectivity index (χ1v) is 6.59. The summed E-state index contributed by atoms with van der Waals surface area (Å²) < 4.78 is 42.6. The molecule has 0 aromatic heterocycles. The van der Waals surface area contributed by atoms with Crippen molar-refractivity contribution in [2.45, 2.75) is 36.8 Å². The number of carbonyl (C=O) groups excluding carboxylic acids is 1. The van der Waals surface area contributed by atoms with Gasteiger partial charge in [-0.1, -0.05) is 30.3 Å². The highest BCUT2D eigenvalue weighted by Crippen LogP contribution is 2.50. The molecular formula is C14H14F3NO5. The number of alkyl carbamates (subject to hydrolysis) is 1. The molecule has 0 atom stereocenters. The van der Waals surface area contributed by atoms with Gasteiger partial charge in [0.2, 0.25) is 0 Å². The molecule has 9 heteroatoms. The predicted molar refractivity (Wildman–Crippen MR) is 70.4 cm³/mol. The van der Waals surface area contributed by atoms with E-state index in [9.17, 15) is 27.9 Å². The SMILES string of the molecule is O=C(NC1(C(=O)O)CC(O)(C(F)(F)F)C1)OCc1ccccc1. The van der Waals surface area contributed by atoms with E-state index in [-0.39, 0.29) is 6.61 Å². The lowest BCUT2D eigenvalue weighted by molar-refractivity contribution is -0.303. The maximum Gasteiger partial charge on any atom is 0.417 e. The van der Waals surface area contributed by atoms with E-state index in [1.165, 1.54) is 0 Å². The molecule has 0 heterocycles. The standard InChI is InChI=1S/C14H14F3NO5/c15-14(16,17)13(22)7-12(8-13,10(19)20)18-11(21)23-6-9-4-2-1-3-5-9/h1-5,22H,6-8H2,(H,18,21)(H,19,20). The van der Waals surface area contributed by atoms with Gasteiger partial charge in [0.1, 0.15) is 12.1 Å². The summed E-state index contributed by atoms with van der Waals surface area (Å²) in [6.07, 6.45) is -8.47. The van der Waals surface area contributed by atoms with Gasteiger partial charge in [-0.15, -0.1) is 0 Å². The normalized spacial score (nSPS) is 27.0. The Kier molecular flexibility index (Phi) is 4.25. The number of benzene rings is 1. The second-order valence-electron chi connectivity index (χ2n) is 5.46. The highest BCUT2D eigenvalue weighted by atomic mass is 19.4. The molecule has 0 unspecified atom stereocenters.